The molecule has 1 aliphatic carbocycles. The zero-order valence-electron chi connectivity index (χ0n) is 8.82. The first-order valence-corrected chi connectivity index (χ1v) is 5.63. The predicted octanol–water partition coefficient (Wildman–Crippen LogP) is 3.17. The number of alkyl halides is 1. The monoisotopic (exact) mass is 208 g/mol. The number of aliphatic hydroxyl groups is 1. The van der Waals surface area contributed by atoms with Crippen LogP contribution in [0.2, 0.25) is 0 Å². The van der Waals surface area contributed by atoms with E-state index in [1.165, 1.54) is 5.56 Å². The van der Waals surface area contributed by atoms with Gasteiger partial charge in [0.2, 0.25) is 0 Å². The lowest BCUT2D eigenvalue weighted by Crippen LogP contribution is -2.13. The first-order valence-electron chi connectivity index (χ1n) is 5.63. The topological polar surface area (TPSA) is 20.2 Å². The Labute approximate surface area is 89.9 Å². The fraction of sp³-hybridized carbons (Fsp3) is 0.538. The summed E-state index contributed by atoms with van der Waals surface area (Å²) in [6, 6.07) is 8.03. The first kappa shape index (κ1) is 10.6. The zero-order chi connectivity index (χ0) is 10.7. The second kappa shape index (κ2) is 4.75. The summed E-state index contributed by atoms with van der Waals surface area (Å²) in [5.41, 5.74) is 2.21. The number of benzene rings is 1. The Kier molecular flexibility index (Phi) is 3.37. The molecule has 0 heterocycles. The molecule has 0 amide bonds. The quantitative estimate of drug-likeness (QED) is 0.791. The van der Waals surface area contributed by atoms with Gasteiger partial charge in [-0.05, 0) is 42.7 Å². The van der Waals surface area contributed by atoms with Crippen LogP contribution in [0, 0.1) is 0 Å². The van der Waals surface area contributed by atoms with Crippen LogP contribution >= 0.6 is 0 Å². The van der Waals surface area contributed by atoms with Crippen molar-refractivity contribution in [1.29, 1.82) is 0 Å². The summed E-state index contributed by atoms with van der Waals surface area (Å²) in [7, 11) is 0. The molecule has 1 fully saturated rings. The van der Waals surface area contributed by atoms with Crippen molar-refractivity contribution in [2.75, 3.05) is 0 Å². The fourth-order valence-electron chi connectivity index (χ4n) is 2.33. The Morgan fingerprint density at radius 2 is 1.93 bits per heavy atom. The second-order valence-electron chi connectivity index (χ2n) is 4.35. The third-order valence-corrected chi connectivity index (χ3v) is 3.26. The minimum atomic E-state index is -0.595. The Morgan fingerprint density at radius 3 is 2.60 bits per heavy atom. The summed E-state index contributed by atoms with van der Waals surface area (Å²) in [6.07, 6.45) is 2.66. The molecule has 0 radical (unpaired) electrons. The number of aliphatic hydroxyl groups excluding tert-OH is 1. The van der Waals surface area contributed by atoms with E-state index in [4.69, 9.17) is 5.11 Å². The number of rotatable bonds is 2. The molecule has 2 rings (SSSR count). The van der Waals surface area contributed by atoms with E-state index in [1.54, 1.807) is 0 Å². The van der Waals surface area contributed by atoms with Crippen molar-refractivity contribution < 1.29 is 9.50 Å². The predicted molar refractivity (Wildman–Crippen MR) is 58.5 cm³/mol. The summed E-state index contributed by atoms with van der Waals surface area (Å²) in [4.78, 5) is 0. The molecular weight excluding hydrogens is 191 g/mol. The highest BCUT2D eigenvalue weighted by Gasteiger charge is 2.21. The molecule has 0 saturated heterocycles. The minimum absolute atomic E-state index is 0.0896. The van der Waals surface area contributed by atoms with Crippen molar-refractivity contribution >= 4 is 0 Å². The van der Waals surface area contributed by atoms with E-state index in [9.17, 15) is 4.39 Å². The SMILES string of the molecule is OCc1cccc(C2CCC(F)CC2)c1. The van der Waals surface area contributed by atoms with Gasteiger partial charge in [0.15, 0.2) is 0 Å². The van der Waals surface area contributed by atoms with Gasteiger partial charge in [-0.25, -0.2) is 4.39 Å². The maximum absolute atomic E-state index is 13.0. The average molecular weight is 208 g/mol. The van der Waals surface area contributed by atoms with Gasteiger partial charge in [-0.15, -0.1) is 0 Å². The fourth-order valence-corrected chi connectivity index (χ4v) is 2.33. The van der Waals surface area contributed by atoms with Gasteiger partial charge in [0.05, 0.1) is 6.61 Å². The van der Waals surface area contributed by atoms with Crippen molar-refractivity contribution in [2.45, 2.75) is 44.4 Å². The molecule has 1 aromatic carbocycles. The largest absolute Gasteiger partial charge is 0.392 e. The molecule has 0 aromatic heterocycles. The van der Waals surface area contributed by atoms with Gasteiger partial charge < -0.3 is 5.11 Å². The molecule has 0 atom stereocenters. The molecule has 1 nitrogen and oxygen atoms in total. The molecular formula is C13H17FO. The van der Waals surface area contributed by atoms with Gasteiger partial charge in [0.25, 0.3) is 0 Å². The molecule has 82 valence electrons. The summed E-state index contributed by atoms with van der Waals surface area (Å²) in [6.45, 7) is 0.0896. The van der Waals surface area contributed by atoms with Crippen LogP contribution < -0.4 is 0 Å². The maximum Gasteiger partial charge on any atom is 0.100 e. The number of hydrogen-bond donors (Lipinski definition) is 1. The van der Waals surface area contributed by atoms with Crippen LogP contribution in [-0.4, -0.2) is 11.3 Å². The second-order valence-corrected chi connectivity index (χ2v) is 4.35. The molecule has 1 saturated carbocycles. The van der Waals surface area contributed by atoms with Gasteiger partial charge >= 0.3 is 0 Å². The lowest BCUT2D eigenvalue weighted by molar-refractivity contribution is 0.235. The van der Waals surface area contributed by atoms with Gasteiger partial charge in [0.1, 0.15) is 6.17 Å². The summed E-state index contributed by atoms with van der Waals surface area (Å²) >= 11 is 0. The molecule has 1 aliphatic rings. The van der Waals surface area contributed by atoms with Gasteiger partial charge in [-0.3, -0.25) is 0 Å². The third-order valence-electron chi connectivity index (χ3n) is 3.26. The Balaban J connectivity index is 2.08. The molecule has 0 unspecified atom stereocenters. The van der Waals surface area contributed by atoms with E-state index in [-0.39, 0.29) is 6.61 Å². The van der Waals surface area contributed by atoms with Gasteiger partial charge in [-0.2, -0.15) is 0 Å². The third kappa shape index (κ3) is 2.57. The van der Waals surface area contributed by atoms with E-state index in [2.05, 4.69) is 6.07 Å². The normalized spacial score (nSPS) is 26.5. The highest BCUT2D eigenvalue weighted by molar-refractivity contribution is 5.26. The lowest BCUT2D eigenvalue weighted by Gasteiger charge is -2.24. The molecule has 1 aromatic rings. The van der Waals surface area contributed by atoms with E-state index in [0.29, 0.717) is 18.8 Å². The van der Waals surface area contributed by atoms with Crippen molar-refractivity contribution in [3.8, 4) is 0 Å². The van der Waals surface area contributed by atoms with Crippen LogP contribution in [0.25, 0.3) is 0 Å². The molecule has 0 spiro atoms. The molecule has 1 N–H and O–H groups in total. The van der Waals surface area contributed by atoms with Crippen LogP contribution in [0.4, 0.5) is 4.39 Å². The van der Waals surface area contributed by atoms with Crippen LogP contribution in [0.1, 0.15) is 42.7 Å². The van der Waals surface area contributed by atoms with Gasteiger partial charge in [-0.1, -0.05) is 24.3 Å². The van der Waals surface area contributed by atoms with Crippen molar-refractivity contribution in [2.24, 2.45) is 0 Å². The molecule has 0 aliphatic heterocycles. The first-order chi connectivity index (χ1) is 7.29. The Bertz CT molecular complexity index is 316. The maximum atomic E-state index is 13.0. The Hall–Kier alpha value is -0.890. The highest BCUT2D eigenvalue weighted by atomic mass is 19.1. The Morgan fingerprint density at radius 1 is 1.20 bits per heavy atom. The molecule has 15 heavy (non-hydrogen) atoms. The smallest absolute Gasteiger partial charge is 0.100 e. The average Bonchev–Trinajstić information content (AvgIpc) is 2.30. The molecule has 2 heteroatoms. The summed E-state index contributed by atoms with van der Waals surface area (Å²) < 4.78 is 13.0. The zero-order valence-corrected chi connectivity index (χ0v) is 8.82. The van der Waals surface area contributed by atoms with Crippen LogP contribution in [-0.2, 0) is 6.61 Å². The van der Waals surface area contributed by atoms with Crippen LogP contribution in [0.15, 0.2) is 24.3 Å². The van der Waals surface area contributed by atoms with Crippen molar-refractivity contribution in [3.05, 3.63) is 35.4 Å². The van der Waals surface area contributed by atoms with Gasteiger partial charge in [0, 0.05) is 0 Å². The van der Waals surface area contributed by atoms with Crippen molar-refractivity contribution in [3.63, 3.8) is 0 Å². The lowest BCUT2D eigenvalue weighted by atomic mass is 9.83. The van der Waals surface area contributed by atoms with Crippen LogP contribution in [0.5, 0.6) is 0 Å². The van der Waals surface area contributed by atoms with E-state index < -0.39 is 6.17 Å². The van der Waals surface area contributed by atoms with Crippen LogP contribution in [0.3, 0.4) is 0 Å². The minimum Gasteiger partial charge on any atom is -0.392 e. The number of hydrogen-bond acceptors (Lipinski definition) is 1. The molecule has 0 bridgehead atoms. The van der Waals surface area contributed by atoms with E-state index >= 15 is 0 Å². The summed E-state index contributed by atoms with van der Waals surface area (Å²) in [5, 5.41) is 9.04. The van der Waals surface area contributed by atoms with E-state index in [0.717, 1.165) is 18.4 Å². The standard InChI is InChI=1S/C13H17FO/c14-13-6-4-11(5-7-13)12-3-1-2-10(8-12)9-15/h1-3,8,11,13,15H,4-7,9H2. The number of halogens is 1. The highest BCUT2D eigenvalue weighted by Crippen LogP contribution is 2.34. The summed E-state index contributed by atoms with van der Waals surface area (Å²) in [5.74, 6) is 0.489. The van der Waals surface area contributed by atoms with E-state index in [1.807, 2.05) is 18.2 Å². The van der Waals surface area contributed by atoms with Crippen molar-refractivity contribution in [1.82, 2.24) is 0 Å².